The first kappa shape index (κ1) is 12.7. The Hall–Kier alpha value is -1.76. The van der Waals surface area contributed by atoms with Crippen LogP contribution in [0.25, 0.3) is 0 Å². The van der Waals surface area contributed by atoms with E-state index in [-0.39, 0.29) is 0 Å². The maximum absolute atomic E-state index is 4.45. The van der Waals surface area contributed by atoms with Gasteiger partial charge in [0.1, 0.15) is 6.54 Å². The first-order valence-electron chi connectivity index (χ1n) is 6.15. The Morgan fingerprint density at radius 1 is 1.33 bits per heavy atom. The Balaban J connectivity index is 1.99. The fourth-order valence-corrected chi connectivity index (χ4v) is 1.74. The van der Waals surface area contributed by atoms with Crippen molar-refractivity contribution in [2.45, 2.75) is 33.4 Å². The molecule has 0 spiro atoms. The molecule has 98 valence electrons. The second kappa shape index (κ2) is 5.72. The predicted octanol–water partition coefficient (Wildman–Crippen LogP) is 0.263. The molecule has 0 saturated heterocycles. The van der Waals surface area contributed by atoms with Crippen LogP contribution >= 0.6 is 0 Å². The van der Waals surface area contributed by atoms with E-state index in [4.69, 9.17) is 0 Å². The molecule has 0 atom stereocenters. The fourth-order valence-electron chi connectivity index (χ4n) is 1.74. The molecule has 0 fully saturated rings. The van der Waals surface area contributed by atoms with Gasteiger partial charge in [0.25, 0.3) is 0 Å². The average Bonchev–Trinajstić information content (AvgIpc) is 2.87. The van der Waals surface area contributed by atoms with Crippen molar-refractivity contribution in [1.29, 1.82) is 0 Å². The SMILES string of the molecule is CCCNCc1cn(Cc2nnn(C)n2)nc1C. The lowest BCUT2D eigenvalue weighted by molar-refractivity contribution is 0.616. The number of aryl methyl sites for hydroxylation is 2. The van der Waals surface area contributed by atoms with Gasteiger partial charge in [0.15, 0.2) is 5.82 Å². The van der Waals surface area contributed by atoms with Crippen LogP contribution in [-0.2, 0) is 20.1 Å². The van der Waals surface area contributed by atoms with Gasteiger partial charge in [-0.2, -0.15) is 9.90 Å². The van der Waals surface area contributed by atoms with Crippen LogP contribution in [-0.4, -0.2) is 36.5 Å². The third-order valence-corrected chi connectivity index (χ3v) is 2.64. The van der Waals surface area contributed by atoms with Crippen molar-refractivity contribution in [2.75, 3.05) is 6.54 Å². The third kappa shape index (κ3) is 3.13. The highest BCUT2D eigenvalue weighted by Gasteiger charge is 2.07. The van der Waals surface area contributed by atoms with E-state index >= 15 is 0 Å². The lowest BCUT2D eigenvalue weighted by Crippen LogP contribution is -2.13. The molecule has 2 aromatic heterocycles. The van der Waals surface area contributed by atoms with Gasteiger partial charge >= 0.3 is 0 Å². The summed E-state index contributed by atoms with van der Waals surface area (Å²) in [5.74, 6) is 0.674. The number of rotatable bonds is 6. The number of hydrogen-bond donors (Lipinski definition) is 1. The van der Waals surface area contributed by atoms with E-state index in [0.717, 1.165) is 25.2 Å². The van der Waals surface area contributed by atoms with Crippen LogP contribution in [0.2, 0.25) is 0 Å². The molecule has 0 unspecified atom stereocenters. The molecule has 0 aliphatic carbocycles. The summed E-state index contributed by atoms with van der Waals surface area (Å²) in [4.78, 5) is 1.45. The number of nitrogens with one attached hydrogen (secondary N) is 1. The van der Waals surface area contributed by atoms with Gasteiger partial charge in [-0.05, 0) is 25.1 Å². The Bertz CT molecular complexity index is 499. The van der Waals surface area contributed by atoms with Gasteiger partial charge in [0.2, 0.25) is 0 Å². The third-order valence-electron chi connectivity index (χ3n) is 2.64. The summed E-state index contributed by atoms with van der Waals surface area (Å²) in [6.45, 7) is 6.61. The second-order valence-electron chi connectivity index (χ2n) is 4.31. The van der Waals surface area contributed by atoms with Crippen LogP contribution in [0.1, 0.15) is 30.4 Å². The van der Waals surface area contributed by atoms with E-state index in [9.17, 15) is 0 Å². The summed E-state index contributed by atoms with van der Waals surface area (Å²) in [7, 11) is 1.75. The van der Waals surface area contributed by atoms with Crippen LogP contribution in [0, 0.1) is 6.92 Å². The summed E-state index contributed by atoms with van der Waals surface area (Å²) in [5, 5.41) is 19.7. The van der Waals surface area contributed by atoms with Gasteiger partial charge in [0.05, 0.1) is 12.7 Å². The average molecular weight is 249 g/mol. The molecule has 1 N–H and O–H groups in total. The highest BCUT2D eigenvalue weighted by Crippen LogP contribution is 2.06. The zero-order valence-electron chi connectivity index (χ0n) is 11.1. The zero-order valence-corrected chi connectivity index (χ0v) is 11.1. The Morgan fingerprint density at radius 2 is 2.17 bits per heavy atom. The van der Waals surface area contributed by atoms with E-state index in [0.29, 0.717) is 12.4 Å². The van der Waals surface area contributed by atoms with Crippen molar-refractivity contribution in [3.05, 3.63) is 23.3 Å². The standard InChI is InChI=1S/C11H19N7/c1-4-5-12-6-10-7-18(14-9(10)2)8-11-13-16-17(3)15-11/h7,12H,4-6,8H2,1-3H3. The summed E-state index contributed by atoms with van der Waals surface area (Å²) >= 11 is 0. The van der Waals surface area contributed by atoms with Crippen LogP contribution in [0.15, 0.2) is 6.20 Å². The largest absolute Gasteiger partial charge is 0.313 e. The molecule has 7 nitrogen and oxygen atoms in total. The molecule has 18 heavy (non-hydrogen) atoms. The van der Waals surface area contributed by atoms with E-state index in [1.165, 1.54) is 10.4 Å². The van der Waals surface area contributed by atoms with Gasteiger partial charge in [-0.15, -0.1) is 10.2 Å². The minimum atomic E-state index is 0.558. The number of hydrogen-bond acceptors (Lipinski definition) is 5. The topological polar surface area (TPSA) is 73.5 Å². The summed E-state index contributed by atoms with van der Waals surface area (Å²) in [5.41, 5.74) is 2.26. The minimum absolute atomic E-state index is 0.558. The number of aromatic nitrogens is 6. The van der Waals surface area contributed by atoms with Crippen LogP contribution < -0.4 is 5.32 Å². The second-order valence-corrected chi connectivity index (χ2v) is 4.31. The van der Waals surface area contributed by atoms with Crippen molar-refractivity contribution >= 4 is 0 Å². The quantitative estimate of drug-likeness (QED) is 0.744. The van der Waals surface area contributed by atoms with Crippen LogP contribution in [0.3, 0.4) is 0 Å². The summed E-state index contributed by atoms with van der Waals surface area (Å²) in [6.07, 6.45) is 3.17. The van der Waals surface area contributed by atoms with E-state index in [1.54, 1.807) is 7.05 Å². The molecule has 0 bridgehead atoms. The van der Waals surface area contributed by atoms with Crippen LogP contribution in [0.4, 0.5) is 0 Å². The molecule has 2 heterocycles. The minimum Gasteiger partial charge on any atom is -0.313 e. The van der Waals surface area contributed by atoms with Gasteiger partial charge in [-0.25, -0.2) is 0 Å². The molecule has 2 rings (SSSR count). The molecule has 0 radical (unpaired) electrons. The highest BCUT2D eigenvalue weighted by atomic mass is 15.6. The molecule has 0 aromatic carbocycles. The molecule has 0 aliphatic rings. The van der Waals surface area contributed by atoms with E-state index in [2.05, 4.69) is 32.7 Å². The highest BCUT2D eigenvalue weighted by molar-refractivity contribution is 5.15. The predicted molar refractivity (Wildman–Crippen MR) is 66.9 cm³/mol. The van der Waals surface area contributed by atoms with Crippen molar-refractivity contribution < 1.29 is 0 Å². The Kier molecular flexibility index (Phi) is 4.03. The normalized spacial score (nSPS) is 11.1. The number of nitrogens with zero attached hydrogens (tertiary/aromatic N) is 6. The maximum atomic E-state index is 4.45. The summed E-state index contributed by atoms with van der Waals surface area (Å²) in [6, 6.07) is 0. The first-order valence-corrected chi connectivity index (χ1v) is 6.15. The van der Waals surface area contributed by atoms with Gasteiger partial charge in [-0.3, -0.25) is 4.68 Å². The smallest absolute Gasteiger partial charge is 0.196 e. The Morgan fingerprint density at radius 3 is 2.83 bits per heavy atom. The van der Waals surface area contributed by atoms with Crippen molar-refractivity contribution in [3.8, 4) is 0 Å². The van der Waals surface area contributed by atoms with Gasteiger partial charge < -0.3 is 5.32 Å². The van der Waals surface area contributed by atoms with E-state index in [1.807, 2.05) is 17.8 Å². The molecule has 0 saturated carbocycles. The molecule has 0 amide bonds. The molecular weight excluding hydrogens is 230 g/mol. The number of tetrazole rings is 1. The maximum Gasteiger partial charge on any atom is 0.196 e. The fraction of sp³-hybridized carbons (Fsp3) is 0.636. The van der Waals surface area contributed by atoms with E-state index < -0.39 is 0 Å². The van der Waals surface area contributed by atoms with Gasteiger partial charge in [-0.1, -0.05) is 6.92 Å². The first-order chi connectivity index (χ1) is 8.69. The molecule has 2 aromatic rings. The Labute approximate surface area is 106 Å². The molecular formula is C11H19N7. The zero-order chi connectivity index (χ0) is 13.0. The lowest BCUT2D eigenvalue weighted by Gasteiger charge is -2.00. The monoisotopic (exact) mass is 249 g/mol. The van der Waals surface area contributed by atoms with Crippen molar-refractivity contribution in [3.63, 3.8) is 0 Å². The van der Waals surface area contributed by atoms with Crippen molar-refractivity contribution in [2.24, 2.45) is 7.05 Å². The molecule has 0 aliphatic heterocycles. The van der Waals surface area contributed by atoms with Crippen molar-refractivity contribution in [1.82, 2.24) is 35.3 Å². The lowest BCUT2D eigenvalue weighted by atomic mass is 10.2. The molecule has 7 heteroatoms. The van der Waals surface area contributed by atoms with Crippen LogP contribution in [0.5, 0.6) is 0 Å². The van der Waals surface area contributed by atoms with Gasteiger partial charge in [0, 0.05) is 18.3 Å². The summed E-state index contributed by atoms with van der Waals surface area (Å²) < 4.78 is 1.86.